The minimum Gasteiger partial charge on any atom is -0.383 e. The van der Waals surface area contributed by atoms with Gasteiger partial charge in [-0.3, -0.25) is 9.59 Å². The summed E-state index contributed by atoms with van der Waals surface area (Å²) in [7, 11) is 1.64. The van der Waals surface area contributed by atoms with Crippen molar-refractivity contribution in [2.24, 2.45) is 5.92 Å². The predicted octanol–water partition coefficient (Wildman–Crippen LogP) is 0.766. The van der Waals surface area contributed by atoms with Gasteiger partial charge in [0.05, 0.1) is 13.2 Å². The number of piperidine rings is 1. The van der Waals surface area contributed by atoms with Crippen LogP contribution in [0.3, 0.4) is 0 Å². The number of methoxy groups -OCH3 is 1. The summed E-state index contributed by atoms with van der Waals surface area (Å²) in [5, 5.41) is 6.06. The molecule has 22 heavy (non-hydrogen) atoms. The first-order valence-electron chi connectivity index (χ1n) is 8.40. The maximum absolute atomic E-state index is 12.3. The molecule has 128 valence electrons. The lowest BCUT2D eigenvalue weighted by Gasteiger charge is -2.34. The van der Waals surface area contributed by atoms with Crippen molar-refractivity contribution in [3.63, 3.8) is 0 Å². The summed E-state index contributed by atoms with van der Waals surface area (Å²) < 4.78 is 4.91. The van der Waals surface area contributed by atoms with E-state index in [2.05, 4.69) is 24.5 Å². The molecular weight excluding hydrogens is 282 g/mol. The van der Waals surface area contributed by atoms with E-state index in [0.29, 0.717) is 19.7 Å². The molecule has 6 nitrogen and oxygen atoms in total. The summed E-state index contributed by atoms with van der Waals surface area (Å²) in [6, 6.07) is 0.183. The molecule has 0 radical (unpaired) electrons. The molecule has 1 fully saturated rings. The monoisotopic (exact) mass is 313 g/mol. The Balaban J connectivity index is 2.24. The van der Waals surface area contributed by atoms with E-state index < -0.39 is 0 Å². The van der Waals surface area contributed by atoms with Crippen LogP contribution >= 0.6 is 0 Å². The molecule has 1 aliphatic heterocycles. The van der Waals surface area contributed by atoms with E-state index in [-0.39, 0.29) is 23.8 Å². The zero-order chi connectivity index (χ0) is 16.4. The fourth-order valence-corrected chi connectivity index (χ4v) is 2.80. The summed E-state index contributed by atoms with van der Waals surface area (Å²) in [6.45, 7) is 7.21. The minimum atomic E-state index is 0.0147. The van der Waals surface area contributed by atoms with Gasteiger partial charge in [0.2, 0.25) is 11.8 Å². The Kier molecular flexibility index (Phi) is 9.08. The fraction of sp³-hybridized carbons (Fsp3) is 0.875. The highest BCUT2D eigenvalue weighted by Crippen LogP contribution is 2.17. The summed E-state index contributed by atoms with van der Waals surface area (Å²) >= 11 is 0. The second kappa shape index (κ2) is 10.6. The number of carbonyl (C=O) groups excluding carboxylic acids is 2. The second-order valence-electron chi connectivity index (χ2n) is 5.85. The average Bonchev–Trinajstić information content (AvgIpc) is 2.53. The molecule has 0 unspecified atom stereocenters. The van der Waals surface area contributed by atoms with Crippen LogP contribution in [0.15, 0.2) is 0 Å². The number of hydrogen-bond acceptors (Lipinski definition) is 4. The molecular formula is C16H31N3O3. The number of amides is 2. The van der Waals surface area contributed by atoms with Crippen LogP contribution in [-0.4, -0.2) is 62.7 Å². The SMILES string of the molecule is CCC(CC)C(=O)N1CCC(NC(=O)CNCCOC)CC1. The Hall–Kier alpha value is -1.14. The van der Waals surface area contributed by atoms with Gasteiger partial charge in [0, 0.05) is 38.7 Å². The Labute approximate surface area is 134 Å². The maximum Gasteiger partial charge on any atom is 0.234 e. The van der Waals surface area contributed by atoms with Crippen molar-refractivity contribution < 1.29 is 14.3 Å². The van der Waals surface area contributed by atoms with Crippen LogP contribution in [0, 0.1) is 5.92 Å². The van der Waals surface area contributed by atoms with Gasteiger partial charge in [-0.05, 0) is 25.7 Å². The van der Waals surface area contributed by atoms with Crippen molar-refractivity contribution in [3.8, 4) is 0 Å². The fourth-order valence-electron chi connectivity index (χ4n) is 2.80. The Morgan fingerprint density at radius 1 is 1.23 bits per heavy atom. The van der Waals surface area contributed by atoms with Gasteiger partial charge in [0.25, 0.3) is 0 Å². The Bertz CT molecular complexity index is 338. The molecule has 0 aromatic carbocycles. The highest BCUT2D eigenvalue weighted by Gasteiger charge is 2.26. The molecule has 0 aliphatic carbocycles. The smallest absolute Gasteiger partial charge is 0.234 e. The number of nitrogens with one attached hydrogen (secondary N) is 2. The molecule has 0 bridgehead atoms. The number of hydrogen-bond donors (Lipinski definition) is 2. The van der Waals surface area contributed by atoms with Gasteiger partial charge >= 0.3 is 0 Å². The van der Waals surface area contributed by atoms with Crippen LogP contribution in [0.2, 0.25) is 0 Å². The summed E-state index contributed by atoms with van der Waals surface area (Å²) in [4.78, 5) is 26.1. The largest absolute Gasteiger partial charge is 0.383 e. The molecule has 1 saturated heterocycles. The van der Waals surface area contributed by atoms with Crippen molar-refractivity contribution in [3.05, 3.63) is 0 Å². The third-order valence-electron chi connectivity index (χ3n) is 4.28. The number of rotatable bonds is 9. The van der Waals surface area contributed by atoms with Crippen molar-refractivity contribution in [1.29, 1.82) is 0 Å². The molecule has 1 heterocycles. The van der Waals surface area contributed by atoms with Gasteiger partial charge in [-0.2, -0.15) is 0 Å². The van der Waals surface area contributed by atoms with Gasteiger partial charge in [0.1, 0.15) is 0 Å². The summed E-state index contributed by atoms with van der Waals surface area (Å²) in [6.07, 6.45) is 3.49. The second-order valence-corrected chi connectivity index (χ2v) is 5.85. The topological polar surface area (TPSA) is 70.7 Å². The van der Waals surface area contributed by atoms with Crippen LogP contribution in [0.25, 0.3) is 0 Å². The van der Waals surface area contributed by atoms with E-state index in [1.54, 1.807) is 7.11 Å². The molecule has 2 N–H and O–H groups in total. The maximum atomic E-state index is 12.3. The van der Waals surface area contributed by atoms with Crippen molar-refractivity contribution in [2.75, 3.05) is 39.9 Å². The Morgan fingerprint density at radius 2 is 1.86 bits per heavy atom. The zero-order valence-electron chi connectivity index (χ0n) is 14.2. The minimum absolute atomic E-state index is 0.0147. The van der Waals surface area contributed by atoms with Gasteiger partial charge in [-0.15, -0.1) is 0 Å². The van der Waals surface area contributed by atoms with Gasteiger partial charge < -0.3 is 20.3 Å². The van der Waals surface area contributed by atoms with E-state index in [4.69, 9.17) is 4.74 Å². The molecule has 1 aliphatic rings. The highest BCUT2D eigenvalue weighted by molar-refractivity contribution is 5.79. The lowest BCUT2D eigenvalue weighted by atomic mass is 9.98. The first kappa shape index (κ1) is 18.9. The third kappa shape index (κ3) is 6.32. The van der Waals surface area contributed by atoms with Crippen LogP contribution < -0.4 is 10.6 Å². The zero-order valence-corrected chi connectivity index (χ0v) is 14.2. The number of nitrogens with zero attached hydrogens (tertiary/aromatic N) is 1. The molecule has 0 spiro atoms. The number of ether oxygens (including phenoxy) is 1. The summed E-state index contributed by atoms with van der Waals surface area (Å²) in [5.41, 5.74) is 0. The van der Waals surface area contributed by atoms with Crippen LogP contribution in [0.5, 0.6) is 0 Å². The van der Waals surface area contributed by atoms with Crippen LogP contribution in [0.1, 0.15) is 39.5 Å². The standard InChI is InChI=1S/C16H31N3O3/c1-4-13(5-2)16(21)19-9-6-14(7-10-19)18-15(20)12-17-8-11-22-3/h13-14,17H,4-12H2,1-3H3,(H,18,20). The molecule has 6 heteroatoms. The van der Waals surface area contributed by atoms with E-state index >= 15 is 0 Å². The normalized spacial score (nSPS) is 16.1. The van der Waals surface area contributed by atoms with Gasteiger partial charge in [0.15, 0.2) is 0 Å². The Morgan fingerprint density at radius 3 is 2.41 bits per heavy atom. The van der Waals surface area contributed by atoms with Crippen molar-refractivity contribution in [1.82, 2.24) is 15.5 Å². The first-order valence-corrected chi connectivity index (χ1v) is 8.40. The van der Waals surface area contributed by atoms with Crippen LogP contribution in [0.4, 0.5) is 0 Å². The first-order chi connectivity index (χ1) is 10.6. The predicted molar refractivity (Wildman–Crippen MR) is 86.6 cm³/mol. The molecule has 0 aromatic rings. The third-order valence-corrected chi connectivity index (χ3v) is 4.28. The van der Waals surface area contributed by atoms with E-state index in [1.165, 1.54) is 0 Å². The lowest BCUT2D eigenvalue weighted by Crippen LogP contribution is -2.49. The highest BCUT2D eigenvalue weighted by atomic mass is 16.5. The number of likely N-dealkylation sites (tertiary alicyclic amines) is 1. The average molecular weight is 313 g/mol. The van der Waals surface area contributed by atoms with E-state index in [1.807, 2.05) is 4.90 Å². The summed E-state index contributed by atoms with van der Waals surface area (Å²) in [5.74, 6) is 0.438. The quantitative estimate of drug-likeness (QED) is 0.617. The van der Waals surface area contributed by atoms with Crippen LogP contribution in [-0.2, 0) is 14.3 Å². The lowest BCUT2D eigenvalue weighted by molar-refractivity contribution is -0.137. The molecule has 2 amide bonds. The van der Waals surface area contributed by atoms with Crippen molar-refractivity contribution >= 4 is 11.8 Å². The van der Waals surface area contributed by atoms with Crippen molar-refractivity contribution in [2.45, 2.75) is 45.6 Å². The molecule has 0 saturated carbocycles. The molecule has 0 atom stereocenters. The van der Waals surface area contributed by atoms with Gasteiger partial charge in [-0.25, -0.2) is 0 Å². The van der Waals surface area contributed by atoms with E-state index in [9.17, 15) is 9.59 Å². The molecule has 1 rings (SSSR count). The van der Waals surface area contributed by atoms with E-state index in [0.717, 1.165) is 38.8 Å². The molecule has 0 aromatic heterocycles. The number of carbonyl (C=O) groups is 2. The van der Waals surface area contributed by atoms with Gasteiger partial charge in [-0.1, -0.05) is 13.8 Å².